The summed E-state index contributed by atoms with van der Waals surface area (Å²) in [5.74, 6) is 0.959. The van der Waals surface area contributed by atoms with Crippen LogP contribution in [0.5, 0.6) is 0 Å². The Hall–Kier alpha value is -3.64. The maximum Gasteiger partial charge on any atom is 0.0208 e. The van der Waals surface area contributed by atoms with Crippen molar-refractivity contribution in [3.8, 4) is 11.1 Å². The van der Waals surface area contributed by atoms with E-state index in [4.69, 9.17) is 0 Å². The van der Waals surface area contributed by atoms with Crippen molar-refractivity contribution in [1.29, 1.82) is 0 Å². The van der Waals surface area contributed by atoms with Crippen LogP contribution < -0.4 is 0 Å². The average molecular weight is 591 g/mol. The standard InChI is InChI=1S/C45H50/c1-42(2,3)31-20-22-34-36(24-31)37-25-32(43(4,5)6)21-23-35(37)41(34)45(30-18-14-11-15-19-30)28-39(29-16-12-10-13-17-29)38-26-33(27-40(38)45)44(7,8)9/h10-27,39-41H,28H2,1-9H3. The van der Waals surface area contributed by atoms with Crippen molar-refractivity contribution in [2.75, 3.05) is 0 Å². The van der Waals surface area contributed by atoms with E-state index in [2.05, 4.69) is 172 Å². The lowest BCUT2D eigenvalue weighted by atomic mass is 9.60. The third-order valence-corrected chi connectivity index (χ3v) is 11.2. The molecular formula is C45H50. The number of benzene rings is 4. The third-order valence-electron chi connectivity index (χ3n) is 11.2. The van der Waals surface area contributed by atoms with Crippen LogP contribution in [0, 0.1) is 11.3 Å². The number of allylic oxidation sites excluding steroid dienone is 4. The second-order valence-electron chi connectivity index (χ2n) is 17.1. The largest absolute Gasteiger partial charge is 0.0726 e. The van der Waals surface area contributed by atoms with Gasteiger partial charge in [0, 0.05) is 23.2 Å². The minimum absolute atomic E-state index is 0.0868. The Morgan fingerprint density at radius 2 is 1.09 bits per heavy atom. The van der Waals surface area contributed by atoms with E-state index in [0.29, 0.717) is 11.8 Å². The lowest BCUT2D eigenvalue weighted by Gasteiger charge is -2.42. The predicted octanol–water partition coefficient (Wildman–Crippen LogP) is 12.0. The number of hydrogen-bond donors (Lipinski definition) is 0. The molecule has 0 bridgehead atoms. The fraction of sp³-hybridized carbons (Fsp3) is 0.378. The molecule has 1 fully saturated rings. The zero-order valence-corrected chi connectivity index (χ0v) is 28.8. The Kier molecular flexibility index (Phi) is 6.80. The summed E-state index contributed by atoms with van der Waals surface area (Å²) in [6, 6.07) is 37.8. The summed E-state index contributed by atoms with van der Waals surface area (Å²) < 4.78 is 0. The lowest BCUT2D eigenvalue weighted by Crippen LogP contribution is -2.37. The fourth-order valence-corrected chi connectivity index (χ4v) is 8.65. The Morgan fingerprint density at radius 3 is 1.58 bits per heavy atom. The number of rotatable bonds is 3. The summed E-state index contributed by atoms with van der Waals surface area (Å²) in [6.07, 6.45) is 6.36. The van der Waals surface area contributed by atoms with Crippen LogP contribution in [0.1, 0.15) is 114 Å². The van der Waals surface area contributed by atoms with Gasteiger partial charge in [-0.3, -0.25) is 0 Å². The van der Waals surface area contributed by atoms with E-state index in [1.165, 1.54) is 50.1 Å². The summed E-state index contributed by atoms with van der Waals surface area (Å²) in [7, 11) is 0. The van der Waals surface area contributed by atoms with Crippen molar-refractivity contribution < 1.29 is 0 Å². The topological polar surface area (TPSA) is 0 Å². The van der Waals surface area contributed by atoms with Gasteiger partial charge in [-0.25, -0.2) is 0 Å². The number of hydrogen-bond acceptors (Lipinski definition) is 0. The van der Waals surface area contributed by atoms with Gasteiger partial charge in [-0.2, -0.15) is 0 Å². The van der Waals surface area contributed by atoms with Gasteiger partial charge in [0.2, 0.25) is 0 Å². The first-order valence-corrected chi connectivity index (χ1v) is 17.0. The monoisotopic (exact) mass is 590 g/mol. The zero-order valence-electron chi connectivity index (χ0n) is 28.8. The molecule has 0 heteroatoms. The van der Waals surface area contributed by atoms with E-state index in [0.717, 1.165) is 6.42 Å². The molecule has 0 aromatic heterocycles. The molecule has 0 saturated heterocycles. The van der Waals surface area contributed by atoms with E-state index in [1.807, 2.05) is 0 Å². The molecule has 4 aromatic rings. The Balaban J connectivity index is 1.55. The second kappa shape index (κ2) is 10.2. The Labute approximate surface area is 272 Å². The summed E-state index contributed by atoms with van der Waals surface area (Å²) in [4.78, 5) is 0. The smallest absolute Gasteiger partial charge is 0.0208 e. The van der Waals surface area contributed by atoms with Crippen molar-refractivity contribution in [3.05, 3.63) is 154 Å². The Morgan fingerprint density at radius 1 is 0.578 bits per heavy atom. The molecule has 230 valence electrons. The lowest BCUT2D eigenvalue weighted by molar-refractivity contribution is 0.337. The van der Waals surface area contributed by atoms with Gasteiger partial charge in [-0.05, 0) is 72.7 Å². The molecule has 3 atom stereocenters. The molecule has 3 unspecified atom stereocenters. The van der Waals surface area contributed by atoms with Crippen LogP contribution in [-0.4, -0.2) is 0 Å². The highest BCUT2D eigenvalue weighted by atomic mass is 14.6. The SMILES string of the molecule is CC(C)(C)C1=CC2C(=C1)C(c1ccccc1)CC2(c1ccccc1)C1c2ccc(C(C)(C)C)cc2-c2cc(C(C)(C)C)ccc21. The van der Waals surface area contributed by atoms with Gasteiger partial charge >= 0.3 is 0 Å². The normalized spacial score (nSPS) is 23.0. The molecular weight excluding hydrogens is 540 g/mol. The fourth-order valence-electron chi connectivity index (χ4n) is 8.65. The molecule has 0 amide bonds. The molecule has 0 N–H and O–H groups in total. The van der Waals surface area contributed by atoms with Crippen molar-refractivity contribution in [2.24, 2.45) is 11.3 Å². The summed E-state index contributed by atoms with van der Waals surface area (Å²) >= 11 is 0. The minimum atomic E-state index is -0.118. The van der Waals surface area contributed by atoms with Crippen molar-refractivity contribution in [2.45, 2.75) is 96.8 Å². The second-order valence-corrected chi connectivity index (χ2v) is 17.1. The number of fused-ring (bicyclic) bond motifs is 4. The molecule has 0 aliphatic heterocycles. The van der Waals surface area contributed by atoms with E-state index < -0.39 is 0 Å². The highest BCUT2D eigenvalue weighted by Crippen LogP contribution is 2.68. The Bertz CT molecular complexity index is 1750. The van der Waals surface area contributed by atoms with Crippen LogP contribution in [-0.2, 0) is 16.2 Å². The van der Waals surface area contributed by atoms with E-state index >= 15 is 0 Å². The summed E-state index contributed by atoms with van der Waals surface area (Å²) in [5, 5.41) is 0. The van der Waals surface area contributed by atoms with Gasteiger partial charge in [-0.1, -0.05) is 177 Å². The van der Waals surface area contributed by atoms with Gasteiger partial charge in [0.1, 0.15) is 0 Å². The first-order chi connectivity index (χ1) is 21.2. The van der Waals surface area contributed by atoms with E-state index in [9.17, 15) is 0 Å². The third kappa shape index (κ3) is 4.79. The first-order valence-electron chi connectivity index (χ1n) is 17.0. The average Bonchev–Trinajstić information content (AvgIpc) is 3.67. The van der Waals surface area contributed by atoms with Gasteiger partial charge in [0.05, 0.1) is 0 Å². The maximum atomic E-state index is 2.68. The quantitative estimate of drug-likeness (QED) is 0.223. The highest BCUT2D eigenvalue weighted by molar-refractivity contribution is 5.82. The maximum absolute atomic E-state index is 2.68. The van der Waals surface area contributed by atoms with Gasteiger partial charge in [0.25, 0.3) is 0 Å². The van der Waals surface area contributed by atoms with Crippen molar-refractivity contribution in [3.63, 3.8) is 0 Å². The van der Waals surface area contributed by atoms with Crippen molar-refractivity contribution >= 4 is 0 Å². The van der Waals surface area contributed by atoms with Crippen LogP contribution in [0.15, 0.2) is 120 Å². The summed E-state index contributed by atoms with van der Waals surface area (Å²) in [6.45, 7) is 21.2. The van der Waals surface area contributed by atoms with Gasteiger partial charge in [-0.15, -0.1) is 0 Å². The van der Waals surface area contributed by atoms with Gasteiger partial charge in [0.15, 0.2) is 0 Å². The molecule has 3 aliphatic rings. The van der Waals surface area contributed by atoms with Crippen LogP contribution >= 0.6 is 0 Å². The van der Waals surface area contributed by atoms with Crippen molar-refractivity contribution in [1.82, 2.24) is 0 Å². The molecule has 0 spiro atoms. The highest BCUT2D eigenvalue weighted by Gasteiger charge is 2.59. The van der Waals surface area contributed by atoms with E-state index in [-0.39, 0.29) is 27.6 Å². The van der Waals surface area contributed by atoms with E-state index in [1.54, 1.807) is 5.57 Å². The molecule has 4 aromatic carbocycles. The van der Waals surface area contributed by atoms with Gasteiger partial charge < -0.3 is 0 Å². The zero-order chi connectivity index (χ0) is 31.9. The molecule has 45 heavy (non-hydrogen) atoms. The first kappa shape index (κ1) is 30.0. The predicted molar refractivity (Wildman–Crippen MR) is 192 cm³/mol. The van der Waals surface area contributed by atoms with Crippen LogP contribution in [0.2, 0.25) is 0 Å². The minimum Gasteiger partial charge on any atom is -0.0726 e. The van der Waals surface area contributed by atoms with Crippen LogP contribution in [0.3, 0.4) is 0 Å². The summed E-state index contributed by atoms with van der Waals surface area (Å²) in [5.41, 5.74) is 14.8. The van der Waals surface area contributed by atoms with Crippen LogP contribution in [0.4, 0.5) is 0 Å². The molecule has 0 nitrogen and oxygen atoms in total. The molecule has 1 saturated carbocycles. The molecule has 0 radical (unpaired) electrons. The molecule has 3 aliphatic carbocycles. The van der Waals surface area contributed by atoms with Crippen LogP contribution in [0.25, 0.3) is 11.1 Å². The molecule has 7 rings (SSSR count). The molecule has 0 heterocycles.